The third-order valence-corrected chi connectivity index (χ3v) is 2.71. The molecule has 4 N–H and O–H groups in total. The summed E-state index contributed by atoms with van der Waals surface area (Å²) in [4.78, 5) is 21.7. The van der Waals surface area contributed by atoms with E-state index in [4.69, 9.17) is 15.9 Å². The molecule has 18 heavy (non-hydrogen) atoms. The van der Waals surface area contributed by atoms with Crippen molar-refractivity contribution in [1.29, 1.82) is 0 Å². The van der Waals surface area contributed by atoms with E-state index < -0.39 is 23.9 Å². The zero-order chi connectivity index (χ0) is 13.7. The Morgan fingerprint density at radius 3 is 2.17 bits per heavy atom. The van der Waals surface area contributed by atoms with Crippen molar-refractivity contribution in [2.45, 2.75) is 12.5 Å². The van der Waals surface area contributed by atoms with Crippen molar-refractivity contribution in [3.8, 4) is 0 Å². The van der Waals surface area contributed by atoms with Gasteiger partial charge in [-0.1, -0.05) is 36.9 Å². The second kappa shape index (κ2) is 5.97. The van der Waals surface area contributed by atoms with Crippen LogP contribution in [0.5, 0.6) is 0 Å². The van der Waals surface area contributed by atoms with Crippen LogP contribution in [0.4, 0.5) is 0 Å². The number of hydrogen-bond acceptors (Lipinski definition) is 3. The first-order valence-electron chi connectivity index (χ1n) is 5.38. The van der Waals surface area contributed by atoms with Crippen LogP contribution in [0.15, 0.2) is 30.8 Å². The smallest absolute Gasteiger partial charge is 0.321 e. The molecule has 0 amide bonds. The van der Waals surface area contributed by atoms with Gasteiger partial charge >= 0.3 is 11.9 Å². The third kappa shape index (κ3) is 3.43. The highest BCUT2D eigenvalue weighted by Crippen LogP contribution is 2.14. The minimum Gasteiger partial charge on any atom is -0.481 e. The lowest BCUT2D eigenvalue weighted by Gasteiger charge is -2.16. The maximum atomic E-state index is 11.0. The Hall–Kier alpha value is -2.14. The molecule has 0 saturated carbocycles. The third-order valence-electron chi connectivity index (χ3n) is 2.71. The van der Waals surface area contributed by atoms with E-state index in [-0.39, 0.29) is 6.42 Å². The Labute approximate surface area is 105 Å². The van der Waals surface area contributed by atoms with Crippen LogP contribution in [0.1, 0.15) is 11.1 Å². The summed E-state index contributed by atoms with van der Waals surface area (Å²) in [6, 6.07) is 5.63. The quantitative estimate of drug-likeness (QED) is 0.697. The summed E-state index contributed by atoms with van der Waals surface area (Å²) in [7, 11) is 0. The lowest BCUT2D eigenvalue weighted by molar-refractivity contribution is -0.149. The molecule has 0 aliphatic heterocycles. The molecule has 0 bridgehead atoms. The van der Waals surface area contributed by atoms with E-state index in [1.165, 1.54) is 0 Å². The van der Waals surface area contributed by atoms with E-state index in [0.29, 0.717) is 0 Å². The van der Waals surface area contributed by atoms with E-state index in [1.54, 1.807) is 30.3 Å². The average Bonchev–Trinajstić information content (AvgIpc) is 2.35. The summed E-state index contributed by atoms with van der Waals surface area (Å²) in [6.45, 7) is 3.61. The first-order chi connectivity index (χ1) is 8.45. The van der Waals surface area contributed by atoms with Crippen molar-refractivity contribution in [3.05, 3.63) is 42.0 Å². The average molecular weight is 249 g/mol. The fourth-order valence-corrected chi connectivity index (χ4v) is 1.58. The molecule has 5 nitrogen and oxygen atoms in total. The zero-order valence-corrected chi connectivity index (χ0v) is 9.74. The van der Waals surface area contributed by atoms with Crippen LogP contribution in [0, 0.1) is 5.92 Å². The van der Waals surface area contributed by atoms with Gasteiger partial charge in [0.2, 0.25) is 0 Å². The number of carboxylic acids is 2. The van der Waals surface area contributed by atoms with Crippen LogP contribution in [-0.2, 0) is 16.0 Å². The largest absolute Gasteiger partial charge is 0.481 e. The molecular weight excluding hydrogens is 234 g/mol. The van der Waals surface area contributed by atoms with Crippen LogP contribution in [-0.4, -0.2) is 28.2 Å². The van der Waals surface area contributed by atoms with Gasteiger partial charge in [0.25, 0.3) is 0 Å². The van der Waals surface area contributed by atoms with Gasteiger partial charge in [-0.15, -0.1) is 0 Å². The summed E-state index contributed by atoms with van der Waals surface area (Å²) in [5.74, 6) is -3.67. The second-order valence-corrected chi connectivity index (χ2v) is 3.96. The summed E-state index contributed by atoms with van der Waals surface area (Å²) >= 11 is 0. The number of nitrogens with two attached hydrogens (primary N) is 1. The van der Waals surface area contributed by atoms with E-state index in [0.717, 1.165) is 11.1 Å². The normalized spacial score (nSPS) is 13.6. The first kappa shape index (κ1) is 13.9. The van der Waals surface area contributed by atoms with Crippen molar-refractivity contribution < 1.29 is 19.8 Å². The molecule has 1 unspecified atom stereocenters. The fraction of sp³-hybridized carbons (Fsp3) is 0.231. The van der Waals surface area contributed by atoms with Gasteiger partial charge in [-0.05, 0) is 17.5 Å². The Balaban J connectivity index is 2.86. The van der Waals surface area contributed by atoms with Crippen LogP contribution in [0.2, 0.25) is 0 Å². The molecule has 5 heteroatoms. The van der Waals surface area contributed by atoms with Gasteiger partial charge in [-0.2, -0.15) is 0 Å². The molecule has 0 radical (unpaired) electrons. The Kier molecular flexibility index (Phi) is 4.62. The van der Waals surface area contributed by atoms with E-state index in [9.17, 15) is 9.59 Å². The predicted molar refractivity (Wildman–Crippen MR) is 67.0 cm³/mol. The molecule has 0 heterocycles. The van der Waals surface area contributed by atoms with Crippen LogP contribution in [0.25, 0.3) is 6.08 Å². The molecule has 1 aromatic rings. The maximum Gasteiger partial charge on any atom is 0.321 e. The van der Waals surface area contributed by atoms with Gasteiger partial charge in [0.15, 0.2) is 0 Å². The highest BCUT2D eigenvalue weighted by molar-refractivity contribution is 5.82. The van der Waals surface area contributed by atoms with Gasteiger partial charge < -0.3 is 15.9 Å². The van der Waals surface area contributed by atoms with Gasteiger partial charge in [0, 0.05) is 0 Å². The van der Waals surface area contributed by atoms with Gasteiger partial charge in [-0.3, -0.25) is 9.59 Å². The molecule has 96 valence electrons. The summed E-state index contributed by atoms with van der Waals surface area (Å²) in [6.07, 6.45) is 1.75. The standard InChI is InChI=1S/C13H15NO4/c1-2-8-3-5-9(6-4-8)7-10(12(15)16)11(14)13(17)18/h2-6,10-11H,1,7,14H2,(H,15,16)(H,17,18)/t10?,11-/m0/s1. The molecule has 0 saturated heterocycles. The second-order valence-electron chi connectivity index (χ2n) is 3.96. The molecule has 0 aliphatic rings. The lowest BCUT2D eigenvalue weighted by Crippen LogP contribution is -2.43. The Morgan fingerprint density at radius 1 is 1.22 bits per heavy atom. The van der Waals surface area contributed by atoms with E-state index >= 15 is 0 Å². The van der Waals surface area contributed by atoms with Crippen molar-refractivity contribution in [2.24, 2.45) is 11.7 Å². The van der Waals surface area contributed by atoms with Crippen molar-refractivity contribution in [1.82, 2.24) is 0 Å². The Bertz CT molecular complexity index is 453. The molecule has 0 aromatic heterocycles. The highest BCUT2D eigenvalue weighted by atomic mass is 16.4. The van der Waals surface area contributed by atoms with Crippen LogP contribution >= 0.6 is 0 Å². The van der Waals surface area contributed by atoms with Gasteiger partial charge in [0.05, 0.1) is 5.92 Å². The monoisotopic (exact) mass is 249 g/mol. The topological polar surface area (TPSA) is 101 Å². The van der Waals surface area contributed by atoms with Crippen LogP contribution < -0.4 is 5.73 Å². The highest BCUT2D eigenvalue weighted by Gasteiger charge is 2.30. The molecule has 0 fully saturated rings. The van der Waals surface area contributed by atoms with Gasteiger partial charge in [-0.25, -0.2) is 0 Å². The molecular formula is C13H15NO4. The summed E-state index contributed by atoms with van der Waals surface area (Å²) < 4.78 is 0. The van der Waals surface area contributed by atoms with Crippen molar-refractivity contribution >= 4 is 18.0 Å². The molecule has 0 spiro atoms. The number of hydrogen-bond donors (Lipinski definition) is 3. The van der Waals surface area contributed by atoms with Gasteiger partial charge in [0.1, 0.15) is 6.04 Å². The molecule has 1 rings (SSSR count). The van der Waals surface area contributed by atoms with E-state index in [2.05, 4.69) is 6.58 Å². The number of carbonyl (C=O) groups is 2. The first-order valence-corrected chi connectivity index (χ1v) is 5.38. The molecule has 0 aliphatic carbocycles. The number of carboxylic acid groups (broad SMARTS) is 2. The summed E-state index contributed by atoms with van der Waals surface area (Å²) in [5.41, 5.74) is 7.01. The van der Waals surface area contributed by atoms with Crippen LogP contribution in [0.3, 0.4) is 0 Å². The SMILES string of the molecule is C=Cc1ccc(CC(C(=O)O)[C@H](N)C(=O)O)cc1. The maximum absolute atomic E-state index is 11.0. The fourth-order valence-electron chi connectivity index (χ4n) is 1.58. The minimum atomic E-state index is -1.42. The number of rotatable bonds is 6. The molecule has 1 aromatic carbocycles. The number of benzene rings is 1. The predicted octanol–water partition coefficient (Wildman–Crippen LogP) is 0.985. The molecule has 2 atom stereocenters. The lowest BCUT2D eigenvalue weighted by atomic mass is 9.92. The van der Waals surface area contributed by atoms with E-state index in [1.807, 2.05) is 0 Å². The number of aliphatic carboxylic acids is 2. The van der Waals surface area contributed by atoms with Crippen molar-refractivity contribution in [2.75, 3.05) is 0 Å². The minimum absolute atomic E-state index is 0.0836. The summed E-state index contributed by atoms with van der Waals surface area (Å²) in [5, 5.41) is 17.8. The van der Waals surface area contributed by atoms with Crippen molar-refractivity contribution in [3.63, 3.8) is 0 Å². The Morgan fingerprint density at radius 2 is 1.78 bits per heavy atom. The zero-order valence-electron chi connectivity index (χ0n) is 9.74.